The summed E-state index contributed by atoms with van der Waals surface area (Å²) in [6.45, 7) is 8.15. The van der Waals surface area contributed by atoms with Gasteiger partial charge in [-0.15, -0.1) is 0 Å². The molecule has 2 aromatic carbocycles. The number of hydrogen-bond donors (Lipinski definition) is 1. The van der Waals surface area contributed by atoms with E-state index in [-0.39, 0.29) is 12.0 Å². The van der Waals surface area contributed by atoms with Crippen molar-refractivity contribution in [2.24, 2.45) is 0 Å². The van der Waals surface area contributed by atoms with Gasteiger partial charge in [-0.2, -0.15) is 0 Å². The Bertz CT molecular complexity index is 677. The first-order valence-electron chi connectivity index (χ1n) is 8.07. The van der Waals surface area contributed by atoms with Gasteiger partial charge >= 0.3 is 0 Å². The molecule has 1 amide bonds. The summed E-state index contributed by atoms with van der Waals surface area (Å²) < 4.78 is 5.64. The zero-order chi connectivity index (χ0) is 16.8. The number of benzene rings is 2. The predicted octanol–water partition coefficient (Wildman–Crippen LogP) is 4.66. The van der Waals surface area contributed by atoms with Crippen molar-refractivity contribution in [3.63, 3.8) is 0 Å². The average Bonchev–Trinajstić information content (AvgIpc) is 2.48. The quantitative estimate of drug-likeness (QED) is 0.842. The number of nitrogens with one attached hydrogen (secondary N) is 1. The molecule has 0 aromatic heterocycles. The number of carbonyl (C=O) groups excluding carboxylic acids is 1. The second kappa shape index (κ2) is 7.82. The van der Waals surface area contributed by atoms with Crippen LogP contribution in [0.25, 0.3) is 0 Å². The lowest BCUT2D eigenvalue weighted by atomic mass is 10.0. The third kappa shape index (κ3) is 5.44. The summed E-state index contributed by atoms with van der Waals surface area (Å²) in [6.07, 6.45) is 1.33. The third-order valence-corrected chi connectivity index (χ3v) is 3.70. The molecule has 1 N–H and O–H groups in total. The van der Waals surface area contributed by atoms with E-state index in [1.54, 1.807) is 0 Å². The van der Waals surface area contributed by atoms with Crippen molar-refractivity contribution < 1.29 is 9.53 Å². The standard InChI is InChI=1S/C20H25NO2/c1-14(2)23-19-7-5-6-18(13-19)21-20(22)11-10-17-9-8-15(3)16(4)12-17/h5-9,12-14H,10-11H2,1-4H3,(H,21,22). The van der Waals surface area contributed by atoms with Crippen LogP contribution in [-0.4, -0.2) is 12.0 Å². The molecule has 0 radical (unpaired) electrons. The molecular formula is C20H25NO2. The lowest BCUT2D eigenvalue weighted by Gasteiger charge is -2.11. The average molecular weight is 311 g/mol. The number of anilines is 1. The van der Waals surface area contributed by atoms with Crippen LogP contribution in [0, 0.1) is 13.8 Å². The molecule has 0 aliphatic rings. The minimum Gasteiger partial charge on any atom is -0.491 e. The fourth-order valence-corrected chi connectivity index (χ4v) is 2.36. The molecule has 3 nitrogen and oxygen atoms in total. The molecule has 2 rings (SSSR count). The molecule has 0 fully saturated rings. The lowest BCUT2D eigenvalue weighted by molar-refractivity contribution is -0.116. The second-order valence-corrected chi connectivity index (χ2v) is 6.16. The Morgan fingerprint density at radius 1 is 1.09 bits per heavy atom. The van der Waals surface area contributed by atoms with E-state index in [9.17, 15) is 4.79 Å². The summed E-state index contributed by atoms with van der Waals surface area (Å²) in [5.74, 6) is 0.789. The minimum absolute atomic E-state index is 0.0184. The van der Waals surface area contributed by atoms with Crippen LogP contribution in [0.15, 0.2) is 42.5 Å². The molecule has 0 unspecified atom stereocenters. The third-order valence-electron chi connectivity index (χ3n) is 3.70. The Morgan fingerprint density at radius 2 is 1.87 bits per heavy atom. The Kier molecular flexibility index (Phi) is 5.80. The summed E-state index contributed by atoms with van der Waals surface area (Å²) in [5, 5.41) is 2.93. The molecule has 2 aromatic rings. The maximum absolute atomic E-state index is 12.1. The topological polar surface area (TPSA) is 38.3 Å². The highest BCUT2D eigenvalue weighted by Crippen LogP contribution is 2.19. The first kappa shape index (κ1) is 17.1. The van der Waals surface area contributed by atoms with Crippen LogP contribution in [-0.2, 0) is 11.2 Å². The van der Waals surface area contributed by atoms with Gasteiger partial charge in [-0.1, -0.05) is 24.3 Å². The van der Waals surface area contributed by atoms with Gasteiger partial charge in [0, 0.05) is 18.2 Å². The fourth-order valence-electron chi connectivity index (χ4n) is 2.36. The highest BCUT2D eigenvalue weighted by Gasteiger charge is 2.06. The van der Waals surface area contributed by atoms with Crippen LogP contribution in [0.4, 0.5) is 5.69 Å². The van der Waals surface area contributed by atoms with Gasteiger partial charge in [-0.25, -0.2) is 0 Å². The van der Waals surface area contributed by atoms with Crippen LogP contribution in [0.3, 0.4) is 0 Å². The Labute approximate surface area is 138 Å². The normalized spacial score (nSPS) is 10.7. The molecule has 122 valence electrons. The van der Waals surface area contributed by atoms with E-state index in [2.05, 4.69) is 37.4 Å². The van der Waals surface area contributed by atoms with Crippen molar-refractivity contribution in [1.82, 2.24) is 0 Å². The zero-order valence-corrected chi connectivity index (χ0v) is 14.3. The number of hydrogen-bond acceptors (Lipinski definition) is 2. The summed E-state index contributed by atoms with van der Waals surface area (Å²) in [6, 6.07) is 13.9. The number of amides is 1. The van der Waals surface area contributed by atoms with E-state index in [1.807, 2.05) is 38.1 Å². The van der Waals surface area contributed by atoms with Crippen LogP contribution < -0.4 is 10.1 Å². The Morgan fingerprint density at radius 3 is 2.57 bits per heavy atom. The molecule has 0 saturated carbocycles. The van der Waals surface area contributed by atoms with Gasteiger partial charge in [0.15, 0.2) is 0 Å². The highest BCUT2D eigenvalue weighted by molar-refractivity contribution is 5.91. The van der Waals surface area contributed by atoms with E-state index in [0.717, 1.165) is 17.9 Å². The van der Waals surface area contributed by atoms with Gasteiger partial charge < -0.3 is 10.1 Å². The van der Waals surface area contributed by atoms with Crippen molar-refractivity contribution in [2.75, 3.05) is 5.32 Å². The largest absolute Gasteiger partial charge is 0.491 e. The number of carbonyl (C=O) groups is 1. The van der Waals surface area contributed by atoms with Gasteiger partial charge in [-0.05, 0) is 62.9 Å². The summed E-state index contributed by atoms with van der Waals surface area (Å²) >= 11 is 0. The SMILES string of the molecule is Cc1ccc(CCC(=O)Nc2cccc(OC(C)C)c2)cc1C. The van der Waals surface area contributed by atoms with Gasteiger partial charge in [0.2, 0.25) is 5.91 Å². The van der Waals surface area contributed by atoms with Crippen molar-refractivity contribution in [2.45, 2.75) is 46.6 Å². The Hall–Kier alpha value is -2.29. The number of ether oxygens (including phenoxy) is 1. The molecule has 0 aliphatic carbocycles. The van der Waals surface area contributed by atoms with Gasteiger partial charge in [0.05, 0.1) is 6.10 Å². The van der Waals surface area contributed by atoms with E-state index in [4.69, 9.17) is 4.74 Å². The minimum atomic E-state index is 0.0184. The molecule has 0 aliphatic heterocycles. The summed E-state index contributed by atoms with van der Waals surface area (Å²) in [5.41, 5.74) is 4.51. The molecule has 23 heavy (non-hydrogen) atoms. The lowest BCUT2D eigenvalue weighted by Crippen LogP contribution is -2.13. The van der Waals surface area contributed by atoms with Crippen molar-refractivity contribution in [3.05, 3.63) is 59.2 Å². The molecule has 0 spiro atoms. The van der Waals surface area contributed by atoms with Crippen LogP contribution in [0.1, 0.15) is 37.0 Å². The summed E-state index contributed by atoms with van der Waals surface area (Å²) in [7, 11) is 0. The number of rotatable bonds is 6. The fraction of sp³-hybridized carbons (Fsp3) is 0.350. The van der Waals surface area contributed by atoms with Crippen molar-refractivity contribution >= 4 is 11.6 Å². The van der Waals surface area contributed by atoms with Gasteiger partial charge in [-0.3, -0.25) is 4.79 Å². The first-order valence-corrected chi connectivity index (χ1v) is 8.07. The van der Waals surface area contributed by atoms with Crippen molar-refractivity contribution in [3.8, 4) is 5.75 Å². The maximum Gasteiger partial charge on any atom is 0.224 e. The number of aryl methyl sites for hydroxylation is 3. The molecular weight excluding hydrogens is 286 g/mol. The monoisotopic (exact) mass is 311 g/mol. The summed E-state index contributed by atoms with van der Waals surface area (Å²) in [4.78, 5) is 12.1. The highest BCUT2D eigenvalue weighted by atomic mass is 16.5. The van der Waals surface area contributed by atoms with E-state index >= 15 is 0 Å². The second-order valence-electron chi connectivity index (χ2n) is 6.16. The van der Waals surface area contributed by atoms with Crippen LogP contribution in [0.2, 0.25) is 0 Å². The molecule has 3 heteroatoms. The smallest absolute Gasteiger partial charge is 0.224 e. The van der Waals surface area contributed by atoms with Crippen LogP contribution in [0.5, 0.6) is 5.75 Å². The van der Waals surface area contributed by atoms with Gasteiger partial charge in [0.1, 0.15) is 5.75 Å². The molecule has 0 bridgehead atoms. The first-order chi connectivity index (χ1) is 10.9. The molecule has 0 atom stereocenters. The molecule has 0 saturated heterocycles. The molecule has 0 heterocycles. The van der Waals surface area contributed by atoms with E-state index in [0.29, 0.717) is 6.42 Å². The maximum atomic E-state index is 12.1. The van der Waals surface area contributed by atoms with Crippen LogP contribution >= 0.6 is 0 Å². The zero-order valence-electron chi connectivity index (χ0n) is 14.3. The van der Waals surface area contributed by atoms with E-state index in [1.165, 1.54) is 16.7 Å². The van der Waals surface area contributed by atoms with Crippen molar-refractivity contribution in [1.29, 1.82) is 0 Å². The predicted molar refractivity (Wildman–Crippen MR) is 95.1 cm³/mol. The van der Waals surface area contributed by atoms with Gasteiger partial charge in [0.25, 0.3) is 0 Å². The van der Waals surface area contributed by atoms with E-state index < -0.39 is 0 Å². The Balaban J connectivity index is 1.90.